The lowest BCUT2D eigenvalue weighted by Gasteiger charge is -2.34. The molecule has 0 aliphatic carbocycles. The van der Waals surface area contributed by atoms with E-state index < -0.39 is 0 Å². The molecule has 0 bridgehead atoms. The smallest absolute Gasteiger partial charge is 0.255 e. The van der Waals surface area contributed by atoms with Gasteiger partial charge in [0.25, 0.3) is 11.8 Å². The van der Waals surface area contributed by atoms with Gasteiger partial charge in [0, 0.05) is 44.1 Å². The molecule has 26 heavy (non-hydrogen) atoms. The Hall–Kier alpha value is -2.76. The van der Waals surface area contributed by atoms with Gasteiger partial charge in [-0.3, -0.25) is 9.59 Å². The maximum Gasteiger partial charge on any atom is 0.255 e. The van der Waals surface area contributed by atoms with E-state index in [0.29, 0.717) is 49.8 Å². The third-order valence-electron chi connectivity index (χ3n) is 4.38. The van der Waals surface area contributed by atoms with Crippen LogP contribution in [0.1, 0.15) is 34.6 Å². The van der Waals surface area contributed by atoms with Gasteiger partial charge in [-0.25, -0.2) is 0 Å². The van der Waals surface area contributed by atoms with Gasteiger partial charge in [-0.15, -0.1) is 0 Å². The molecule has 6 nitrogen and oxygen atoms in total. The maximum absolute atomic E-state index is 12.7. The molecule has 2 heterocycles. The molecule has 1 fully saturated rings. The molecule has 0 saturated carbocycles. The van der Waals surface area contributed by atoms with Crippen molar-refractivity contribution >= 4 is 11.8 Å². The first kappa shape index (κ1) is 18.0. The second-order valence-electron chi connectivity index (χ2n) is 6.91. The van der Waals surface area contributed by atoms with Crippen LogP contribution in [0, 0.1) is 5.92 Å². The monoisotopic (exact) mass is 355 g/mol. The van der Waals surface area contributed by atoms with E-state index in [-0.39, 0.29) is 11.8 Å². The molecule has 1 aromatic heterocycles. The zero-order valence-corrected chi connectivity index (χ0v) is 15.3. The van der Waals surface area contributed by atoms with Crippen LogP contribution >= 0.6 is 0 Å². The molecular formula is C20H25N3O3. The molecular weight excluding hydrogens is 330 g/mol. The van der Waals surface area contributed by atoms with Crippen molar-refractivity contribution in [3.8, 4) is 5.75 Å². The summed E-state index contributed by atoms with van der Waals surface area (Å²) >= 11 is 0. The van der Waals surface area contributed by atoms with E-state index >= 15 is 0 Å². The molecule has 0 atom stereocenters. The van der Waals surface area contributed by atoms with Crippen molar-refractivity contribution < 1.29 is 14.3 Å². The van der Waals surface area contributed by atoms with Crippen LogP contribution in [0.4, 0.5) is 0 Å². The number of carbonyl (C=O) groups is 2. The van der Waals surface area contributed by atoms with Crippen LogP contribution in [0.15, 0.2) is 42.7 Å². The summed E-state index contributed by atoms with van der Waals surface area (Å²) in [6, 6.07) is 9.04. The summed E-state index contributed by atoms with van der Waals surface area (Å²) in [6.45, 7) is 7.03. The zero-order chi connectivity index (χ0) is 18.5. The van der Waals surface area contributed by atoms with Gasteiger partial charge in [-0.05, 0) is 36.2 Å². The van der Waals surface area contributed by atoms with Crippen molar-refractivity contribution in [1.29, 1.82) is 0 Å². The number of nitrogens with one attached hydrogen (secondary N) is 1. The number of H-pyrrole nitrogens is 1. The number of aromatic nitrogens is 1. The minimum Gasteiger partial charge on any atom is -0.493 e. The third kappa shape index (κ3) is 4.25. The van der Waals surface area contributed by atoms with Crippen molar-refractivity contribution in [3.05, 3.63) is 53.9 Å². The first-order chi connectivity index (χ1) is 12.5. The zero-order valence-electron chi connectivity index (χ0n) is 15.3. The van der Waals surface area contributed by atoms with Crippen LogP contribution in [0.5, 0.6) is 5.75 Å². The van der Waals surface area contributed by atoms with Crippen molar-refractivity contribution in [2.75, 3.05) is 32.8 Å². The Labute approximate surface area is 153 Å². The third-order valence-corrected chi connectivity index (χ3v) is 4.38. The molecule has 2 aromatic rings. The molecule has 1 N–H and O–H groups in total. The molecule has 1 aliphatic rings. The van der Waals surface area contributed by atoms with Crippen molar-refractivity contribution in [2.24, 2.45) is 5.92 Å². The lowest BCUT2D eigenvalue weighted by atomic mass is 10.1. The van der Waals surface area contributed by atoms with Gasteiger partial charge in [0.15, 0.2) is 0 Å². The predicted octanol–water partition coefficient (Wildman–Crippen LogP) is 2.65. The second kappa shape index (κ2) is 8.08. The second-order valence-corrected chi connectivity index (χ2v) is 6.91. The molecule has 2 amide bonds. The molecule has 1 aliphatic heterocycles. The summed E-state index contributed by atoms with van der Waals surface area (Å²) in [7, 11) is 0. The summed E-state index contributed by atoms with van der Waals surface area (Å²) in [5, 5.41) is 0. The Balaban J connectivity index is 1.54. The number of piperazine rings is 1. The Morgan fingerprint density at radius 1 is 0.962 bits per heavy atom. The summed E-state index contributed by atoms with van der Waals surface area (Å²) < 4.78 is 5.65. The van der Waals surface area contributed by atoms with Gasteiger partial charge < -0.3 is 19.5 Å². The molecule has 0 spiro atoms. The molecule has 3 rings (SSSR count). The fraction of sp³-hybridized carbons (Fsp3) is 0.400. The first-order valence-electron chi connectivity index (χ1n) is 8.99. The number of carbonyl (C=O) groups excluding carboxylic acids is 2. The highest BCUT2D eigenvalue weighted by atomic mass is 16.5. The topological polar surface area (TPSA) is 65.6 Å². The summed E-state index contributed by atoms with van der Waals surface area (Å²) in [5.74, 6) is 1.23. The Morgan fingerprint density at radius 3 is 2.04 bits per heavy atom. The lowest BCUT2D eigenvalue weighted by Crippen LogP contribution is -2.50. The Bertz CT molecular complexity index is 730. The van der Waals surface area contributed by atoms with Gasteiger partial charge in [0.2, 0.25) is 0 Å². The highest BCUT2D eigenvalue weighted by molar-refractivity contribution is 5.96. The normalized spacial score (nSPS) is 14.6. The van der Waals surface area contributed by atoms with Crippen molar-refractivity contribution in [3.63, 3.8) is 0 Å². The average molecular weight is 355 g/mol. The molecule has 1 saturated heterocycles. The van der Waals surface area contributed by atoms with Crippen LogP contribution in [0.25, 0.3) is 0 Å². The number of hydrogen-bond acceptors (Lipinski definition) is 3. The predicted molar refractivity (Wildman–Crippen MR) is 99.4 cm³/mol. The van der Waals surface area contributed by atoms with E-state index in [1.807, 2.05) is 12.1 Å². The summed E-state index contributed by atoms with van der Waals surface area (Å²) in [6.07, 6.45) is 3.43. The number of amides is 2. The molecule has 6 heteroatoms. The van der Waals surface area contributed by atoms with E-state index in [2.05, 4.69) is 18.8 Å². The van der Waals surface area contributed by atoms with Crippen molar-refractivity contribution in [2.45, 2.75) is 13.8 Å². The summed E-state index contributed by atoms with van der Waals surface area (Å²) in [4.78, 5) is 31.5. The van der Waals surface area contributed by atoms with E-state index in [1.165, 1.54) is 0 Å². The average Bonchev–Trinajstić information content (AvgIpc) is 3.20. The highest BCUT2D eigenvalue weighted by Gasteiger charge is 2.25. The van der Waals surface area contributed by atoms with Gasteiger partial charge >= 0.3 is 0 Å². The lowest BCUT2D eigenvalue weighted by molar-refractivity contribution is 0.0535. The number of hydrogen-bond donors (Lipinski definition) is 1. The van der Waals surface area contributed by atoms with Gasteiger partial charge in [0.05, 0.1) is 12.2 Å². The number of ether oxygens (including phenoxy) is 1. The van der Waals surface area contributed by atoms with Crippen LogP contribution in [0.3, 0.4) is 0 Å². The van der Waals surface area contributed by atoms with E-state index in [9.17, 15) is 9.59 Å². The largest absolute Gasteiger partial charge is 0.493 e. The number of nitrogens with zero attached hydrogens (tertiary/aromatic N) is 2. The van der Waals surface area contributed by atoms with E-state index in [4.69, 9.17) is 4.74 Å². The van der Waals surface area contributed by atoms with Crippen LogP contribution in [0.2, 0.25) is 0 Å². The molecule has 0 unspecified atom stereocenters. The molecule has 1 aromatic carbocycles. The van der Waals surface area contributed by atoms with Crippen LogP contribution in [-0.2, 0) is 0 Å². The SMILES string of the molecule is CC(C)COc1ccc(C(=O)N2CCN(C(=O)c3cc[nH]c3)CC2)cc1. The first-order valence-corrected chi connectivity index (χ1v) is 8.99. The van der Waals surface area contributed by atoms with E-state index in [1.54, 1.807) is 40.4 Å². The van der Waals surface area contributed by atoms with Gasteiger partial charge in [0.1, 0.15) is 5.75 Å². The molecule has 138 valence electrons. The standard InChI is InChI=1S/C20H25N3O3/c1-15(2)14-26-18-5-3-16(4-6-18)19(24)22-9-11-23(12-10-22)20(25)17-7-8-21-13-17/h3-8,13,15,21H,9-12,14H2,1-2H3. The minimum atomic E-state index is -0.00541. The quantitative estimate of drug-likeness (QED) is 0.897. The Kier molecular flexibility index (Phi) is 5.61. The van der Waals surface area contributed by atoms with E-state index in [0.717, 1.165) is 5.75 Å². The minimum absolute atomic E-state index is 0.00463. The van der Waals surface area contributed by atoms with Crippen LogP contribution in [-0.4, -0.2) is 59.4 Å². The number of benzene rings is 1. The highest BCUT2D eigenvalue weighted by Crippen LogP contribution is 2.16. The number of aromatic amines is 1. The maximum atomic E-state index is 12.7. The van der Waals surface area contributed by atoms with Gasteiger partial charge in [-0.1, -0.05) is 13.8 Å². The van der Waals surface area contributed by atoms with Gasteiger partial charge in [-0.2, -0.15) is 0 Å². The summed E-state index contributed by atoms with van der Waals surface area (Å²) in [5.41, 5.74) is 1.30. The fourth-order valence-electron chi connectivity index (χ4n) is 2.89. The van der Waals surface area contributed by atoms with Crippen molar-refractivity contribution in [1.82, 2.24) is 14.8 Å². The van der Waals surface area contributed by atoms with Crippen LogP contribution < -0.4 is 4.74 Å². The number of rotatable bonds is 5. The Morgan fingerprint density at radius 2 is 1.54 bits per heavy atom. The fourth-order valence-corrected chi connectivity index (χ4v) is 2.89. The molecule has 0 radical (unpaired) electrons.